The Labute approximate surface area is 118 Å². The van der Waals surface area contributed by atoms with Crippen LogP contribution in [0.3, 0.4) is 0 Å². The number of likely N-dealkylation sites (tertiary alicyclic amines) is 1. The summed E-state index contributed by atoms with van der Waals surface area (Å²) in [6.07, 6.45) is 3.75. The van der Waals surface area contributed by atoms with E-state index in [9.17, 15) is 4.39 Å². The molecule has 1 fully saturated rings. The molecule has 1 aromatic carbocycles. The fraction of sp³-hybridized carbons (Fsp3) is 0.600. The van der Waals surface area contributed by atoms with Crippen molar-refractivity contribution in [1.82, 2.24) is 4.90 Å². The van der Waals surface area contributed by atoms with Crippen LogP contribution in [0.1, 0.15) is 38.7 Å². The van der Waals surface area contributed by atoms with Crippen LogP contribution in [0.5, 0.6) is 0 Å². The van der Waals surface area contributed by atoms with Crippen molar-refractivity contribution in [3.8, 4) is 0 Å². The van der Waals surface area contributed by atoms with Crippen molar-refractivity contribution in [3.05, 3.63) is 34.1 Å². The average molecular weight is 314 g/mol. The van der Waals surface area contributed by atoms with Gasteiger partial charge in [-0.1, -0.05) is 32.4 Å². The van der Waals surface area contributed by atoms with Crippen LogP contribution in [0.4, 0.5) is 4.39 Å². The molecule has 0 bridgehead atoms. The van der Waals surface area contributed by atoms with Gasteiger partial charge in [0.15, 0.2) is 0 Å². The zero-order valence-corrected chi connectivity index (χ0v) is 12.8. The van der Waals surface area contributed by atoms with Crippen LogP contribution in [-0.2, 0) is 6.54 Å². The summed E-state index contributed by atoms with van der Waals surface area (Å²) in [5.41, 5.74) is 1.56. The molecule has 0 N–H and O–H groups in total. The van der Waals surface area contributed by atoms with Crippen molar-refractivity contribution in [2.45, 2.75) is 39.7 Å². The van der Waals surface area contributed by atoms with Gasteiger partial charge in [0.25, 0.3) is 0 Å². The third kappa shape index (κ3) is 3.12. The molecule has 1 heterocycles. The van der Waals surface area contributed by atoms with Gasteiger partial charge in [-0.15, -0.1) is 0 Å². The normalized spacial score (nSPS) is 20.0. The molecule has 2 rings (SSSR count). The fourth-order valence-electron chi connectivity index (χ4n) is 2.52. The van der Waals surface area contributed by atoms with Crippen LogP contribution in [-0.4, -0.2) is 18.0 Å². The van der Waals surface area contributed by atoms with Gasteiger partial charge in [0.2, 0.25) is 0 Å². The van der Waals surface area contributed by atoms with Gasteiger partial charge < -0.3 is 0 Å². The lowest BCUT2D eigenvalue weighted by atomic mass is 9.78. The van der Waals surface area contributed by atoms with Gasteiger partial charge in [-0.3, -0.25) is 4.90 Å². The number of halogens is 2. The van der Waals surface area contributed by atoms with Crippen molar-refractivity contribution >= 4 is 15.9 Å². The lowest BCUT2D eigenvalue weighted by molar-refractivity contribution is 0.109. The molecule has 0 amide bonds. The number of piperidine rings is 1. The topological polar surface area (TPSA) is 3.24 Å². The number of nitrogens with zero attached hydrogens (tertiary/aromatic N) is 1. The van der Waals surface area contributed by atoms with Crippen molar-refractivity contribution in [2.24, 2.45) is 5.41 Å². The highest BCUT2D eigenvalue weighted by Gasteiger charge is 2.28. The first-order valence-corrected chi connectivity index (χ1v) is 7.48. The maximum atomic E-state index is 13.4. The van der Waals surface area contributed by atoms with Crippen LogP contribution < -0.4 is 0 Å². The van der Waals surface area contributed by atoms with Gasteiger partial charge in [0, 0.05) is 6.54 Å². The summed E-state index contributed by atoms with van der Waals surface area (Å²) in [6.45, 7) is 7.74. The quantitative estimate of drug-likeness (QED) is 0.788. The number of rotatable bonds is 3. The van der Waals surface area contributed by atoms with Crippen LogP contribution in [0.25, 0.3) is 0 Å². The lowest BCUT2D eigenvalue weighted by Gasteiger charge is -2.39. The molecule has 1 aliphatic heterocycles. The van der Waals surface area contributed by atoms with Crippen LogP contribution in [0.2, 0.25) is 0 Å². The first-order chi connectivity index (χ1) is 8.54. The van der Waals surface area contributed by atoms with Gasteiger partial charge in [-0.2, -0.15) is 0 Å². The highest BCUT2D eigenvalue weighted by Crippen LogP contribution is 2.34. The van der Waals surface area contributed by atoms with E-state index in [1.165, 1.54) is 25.3 Å². The van der Waals surface area contributed by atoms with E-state index in [1.807, 2.05) is 6.07 Å². The van der Waals surface area contributed by atoms with Gasteiger partial charge >= 0.3 is 0 Å². The molecular weight excluding hydrogens is 293 g/mol. The third-order valence-electron chi connectivity index (χ3n) is 4.34. The minimum Gasteiger partial charge on any atom is -0.299 e. The predicted octanol–water partition coefficient (Wildman–Crippen LogP) is 4.60. The molecule has 1 aliphatic rings. The van der Waals surface area contributed by atoms with E-state index in [2.05, 4.69) is 34.7 Å². The van der Waals surface area contributed by atoms with E-state index in [0.29, 0.717) is 9.89 Å². The van der Waals surface area contributed by atoms with E-state index in [0.717, 1.165) is 25.2 Å². The molecule has 0 spiro atoms. The van der Waals surface area contributed by atoms with Crippen LogP contribution >= 0.6 is 15.9 Å². The minimum absolute atomic E-state index is 0.164. The van der Waals surface area contributed by atoms with E-state index in [-0.39, 0.29) is 5.82 Å². The Morgan fingerprint density at radius 2 is 2.00 bits per heavy atom. The van der Waals surface area contributed by atoms with Crippen molar-refractivity contribution in [3.63, 3.8) is 0 Å². The summed E-state index contributed by atoms with van der Waals surface area (Å²) in [7, 11) is 0. The molecule has 18 heavy (non-hydrogen) atoms. The summed E-state index contributed by atoms with van der Waals surface area (Å²) in [5.74, 6) is -0.164. The Bertz CT molecular complexity index is 411. The summed E-state index contributed by atoms with van der Waals surface area (Å²) in [4.78, 5) is 2.43. The van der Waals surface area contributed by atoms with E-state index < -0.39 is 0 Å². The molecule has 0 saturated carbocycles. The monoisotopic (exact) mass is 313 g/mol. The first-order valence-electron chi connectivity index (χ1n) is 6.69. The van der Waals surface area contributed by atoms with Gasteiger partial charge in [-0.05, 0) is 58.9 Å². The van der Waals surface area contributed by atoms with Gasteiger partial charge in [0.05, 0.1) is 4.47 Å². The largest absolute Gasteiger partial charge is 0.299 e. The zero-order valence-electron chi connectivity index (χ0n) is 11.2. The SMILES string of the molecule is CCC1(C)CCN(Cc2cccc(F)c2Br)CC1. The second kappa shape index (κ2) is 5.70. The third-order valence-corrected chi connectivity index (χ3v) is 5.23. The van der Waals surface area contributed by atoms with E-state index >= 15 is 0 Å². The smallest absolute Gasteiger partial charge is 0.137 e. The molecule has 0 unspecified atom stereocenters. The van der Waals surface area contributed by atoms with Gasteiger partial charge in [0.1, 0.15) is 5.82 Å². The standard InChI is InChI=1S/C15H21BrFN/c1-3-15(2)7-9-18(10-8-15)11-12-5-4-6-13(17)14(12)16/h4-6H,3,7-11H2,1-2H3. The van der Waals surface area contributed by atoms with Gasteiger partial charge in [-0.25, -0.2) is 4.39 Å². The minimum atomic E-state index is -0.164. The fourth-order valence-corrected chi connectivity index (χ4v) is 2.91. The summed E-state index contributed by atoms with van der Waals surface area (Å²) < 4.78 is 14.1. The maximum Gasteiger partial charge on any atom is 0.137 e. The summed E-state index contributed by atoms with van der Waals surface area (Å²) in [5, 5.41) is 0. The second-order valence-corrected chi connectivity index (χ2v) is 6.45. The molecule has 0 radical (unpaired) electrons. The molecule has 1 saturated heterocycles. The van der Waals surface area contributed by atoms with Crippen molar-refractivity contribution in [1.29, 1.82) is 0 Å². The maximum absolute atomic E-state index is 13.4. The Morgan fingerprint density at radius 3 is 2.61 bits per heavy atom. The van der Waals surface area contributed by atoms with Crippen molar-refractivity contribution < 1.29 is 4.39 Å². The van der Waals surface area contributed by atoms with E-state index in [1.54, 1.807) is 6.07 Å². The predicted molar refractivity (Wildman–Crippen MR) is 77.0 cm³/mol. The van der Waals surface area contributed by atoms with Crippen LogP contribution in [0, 0.1) is 11.2 Å². The van der Waals surface area contributed by atoms with Crippen molar-refractivity contribution in [2.75, 3.05) is 13.1 Å². The zero-order chi connectivity index (χ0) is 13.2. The highest BCUT2D eigenvalue weighted by molar-refractivity contribution is 9.10. The Balaban J connectivity index is 1.98. The Hall–Kier alpha value is -0.410. The molecular formula is C15H21BrFN. The number of hydrogen-bond acceptors (Lipinski definition) is 1. The molecule has 0 atom stereocenters. The number of benzene rings is 1. The summed E-state index contributed by atoms with van der Waals surface area (Å²) >= 11 is 3.34. The second-order valence-electron chi connectivity index (χ2n) is 5.65. The average Bonchev–Trinajstić information content (AvgIpc) is 2.38. The summed E-state index contributed by atoms with van der Waals surface area (Å²) in [6, 6.07) is 5.29. The first kappa shape index (κ1) is 14.0. The van der Waals surface area contributed by atoms with E-state index in [4.69, 9.17) is 0 Å². The molecule has 100 valence electrons. The molecule has 0 aromatic heterocycles. The molecule has 3 heteroatoms. The Kier molecular flexibility index (Phi) is 4.44. The number of hydrogen-bond donors (Lipinski definition) is 0. The molecule has 0 aliphatic carbocycles. The Morgan fingerprint density at radius 1 is 1.33 bits per heavy atom. The lowest BCUT2D eigenvalue weighted by Crippen LogP contribution is -2.38. The highest BCUT2D eigenvalue weighted by atomic mass is 79.9. The molecule has 1 aromatic rings. The van der Waals surface area contributed by atoms with Crippen LogP contribution in [0.15, 0.2) is 22.7 Å². The molecule has 1 nitrogen and oxygen atoms in total.